The number of aryl methyl sites for hydroxylation is 1. The quantitative estimate of drug-likeness (QED) is 0.379. The van der Waals surface area contributed by atoms with Crippen LogP contribution in [0.3, 0.4) is 0 Å². The first-order valence-corrected chi connectivity index (χ1v) is 4.33. The molecular weight excluding hydrogens is 160 g/mol. The van der Waals surface area contributed by atoms with E-state index in [0.717, 1.165) is 12.0 Å². The van der Waals surface area contributed by atoms with E-state index >= 15 is 0 Å². The van der Waals surface area contributed by atoms with Gasteiger partial charge in [-0.3, -0.25) is 4.79 Å². The first-order valence-electron chi connectivity index (χ1n) is 3.10. The van der Waals surface area contributed by atoms with Gasteiger partial charge in [-0.2, -0.15) is 0 Å². The van der Waals surface area contributed by atoms with Crippen molar-refractivity contribution in [3.8, 4) is 0 Å². The van der Waals surface area contributed by atoms with Crippen molar-refractivity contribution in [3.63, 3.8) is 0 Å². The lowest BCUT2D eigenvalue weighted by atomic mass is 10.3. The zero-order valence-electron chi connectivity index (χ0n) is 6.37. The molecule has 1 heterocycles. The first-order chi connectivity index (χ1) is 5.27. The smallest absolute Gasteiger partial charge is 0.187 e. The summed E-state index contributed by atoms with van der Waals surface area (Å²) >= 11 is 1.46. The third kappa shape index (κ3) is 1.77. The molecular formula is C7H8N2OS. The summed E-state index contributed by atoms with van der Waals surface area (Å²) in [5.74, 6) is 0. The molecule has 58 valence electrons. The van der Waals surface area contributed by atoms with Gasteiger partial charge in [0.2, 0.25) is 0 Å². The predicted octanol–water partition coefficient (Wildman–Crippen LogP) is 1.32. The Labute approximate surface area is 69.3 Å². The van der Waals surface area contributed by atoms with Gasteiger partial charge in [-0.05, 0) is 13.2 Å². The fourth-order valence-corrected chi connectivity index (χ4v) is 1.06. The van der Waals surface area contributed by atoms with Gasteiger partial charge < -0.3 is 0 Å². The highest BCUT2D eigenvalue weighted by Gasteiger charge is 1.99. The highest BCUT2D eigenvalue weighted by Crippen LogP contribution is 2.09. The minimum absolute atomic E-state index is 0.558. The van der Waals surface area contributed by atoms with Crippen molar-refractivity contribution in [3.05, 3.63) is 17.5 Å². The Bertz CT molecular complexity index is 275. The second kappa shape index (κ2) is 3.48. The topological polar surface area (TPSA) is 42.9 Å². The molecule has 11 heavy (non-hydrogen) atoms. The molecule has 4 heteroatoms. The fraction of sp³-hybridized carbons (Fsp3) is 0.286. The van der Waals surface area contributed by atoms with E-state index in [1.165, 1.54) is 11.8 Å². The molecule has 3 nitrogen and oxygen atoms in total. The summed E-state index contributed by atoms with van der Waals surface area (Å²) in [4.78, 5) is 18.4. The first kappa shape index (κ1) is 8.20. The Kier molecular flexibility index (Phi) is 2.59. The number of carbonyl (C=O) groups is 1. The lowest BCUT2D eigenvalue weighted by Crippen LogP contribution is -1.94. The van der Waals surface area contributed by atoms with Gasteiger partial charge in [0.05, 0.1) is 11.3 Å². The zero-order chi connectivity index (χ0) is 8.27. The molecule has 0 bridgehead atoms. The van der Waals surface area contributed by atoms with Crippen LogP contribution in [0.25, 0.3) is 0 Å². The van der Waals surface area contributed by atoms with Crippen LogP contribution in [-0.2, 0) is 0 Å². The van der Waals surface area contributed by atoms with Crippen LogP contribution in [0.5, 0.6) is 0 Å². The number of aldehydes is 1. The highest BCUT2D eigenvalue weighted by atomic mass is 32.2. The average molecular weight is 168 g/mol. The molecule has 0 aliphatic heterocycles. The van der Waals surface area contributed by atoms with Gasteiger partial charge in [0, 0.05) is 6.20 Å². The van der Waals surface area contributed by atoms with Gasteiger partial charge in [0.1, 0.15) is 0 Å². The van der Waals surface area contributed by atoms with E-state index in [1.54, 1.807) is 13.1 Å². The molecule has 0 saturated carbocycles. The molecule has 1 rings (SSSR count). The standard InChI is InChI=1S/C7H8N2OS/c1-5-6(4-10)3-8-7(9-5)11-2/h3-4H,1-2H3. The molecule has 0 fully saturated rings. The monoisotopic (exact) mass is 168 g/mol. The zero-order valence-corrected chi connectivity index (χ0v) is 7.18. The summed E-state index contributed by atoms with van der Waals surface area (Å²) < 4.78 is 0. The Balaban J connectivity index is 3.09. The molecule has 1 aromatic rings. The minimum Gasteiger partial charge on any atom is -0.298 e. The number of carbonyl (C=O) groups excluding carboxylic acids is 1. The molecule has 0 aliphatic rings. The SMILES string of the molecule is CSc1ncc(C=O)c(C)n1. The lowest BCUT2D eigenvalue weighted by Gasteiger charge is -1.97. The van der Waals surface area contributed by atoms with Crippen molar-refractivity contribution in [1.29, 1.82) is 0 Å². The average Bonchev–Trinajstić information content (AvgIpc) is 2.04. The summed E-state index contributed by atoms with van der Waals surface area (Å²) in [6.45, 7) is 1.80. The maximum atomic E-state index is 10.3. The van der Waals surface area contributed by atoms with Crippen LogP contribution >= 0.6 is 11.8 Å². The van der Waals surface area contributed by atoms with Crippen molar-refractivity contribution in [2.75, 3.05) is 6.26 Å². The van der Waals surface area contributed by atoms with Crippen LogP contribution in [0.15, 0.2) is 11.4 Å². The van der Waals surface area contributed by atoms with Gasteiger partial charge in [-0.1, -0.05) is 11.8 Å². The van der Waals surface area contributed by atoms with Crippen LogP contribution in [0.2, 0.25) is 0 Å². The molecule has 0 aromatic carbocycles. The van der Waals surface area contributed by atoms with Crippen molar-refractivity contribution in [2.45, 2.75) is 12.1 Å². The van der Waals surface area contributed by atoms with Crippen molar-refractivity contribution in [2.24, 2.45) is 0 Å². The van der Waals surface area contributed by atoms with E-state index in [9.17, 15) is 4.79 Å². The van der Waals surface area contributed by atoms with Crippen molar-refractivity contribution < 1.29 is 4.79 Å². The van der Waals surface area contributed by atoms with Crippen LogP contribution in [-0.4, -0.2) is 22.5 Å². The maximum absolute atomic E-state index is 10.3. The highest BCUT2D eigenvalue weighted by molar-refractivity contribution is 7.98. The van der Waals surface area contributed by atoms with Gasteiger partial charge in [-0.15, -0.1) is 0 Å². The van der Waals surface area contributed by atoms with Crippen LogP contribution in [0, 0.1) is 6.92 Å². The molecule has 1 aromatic heterocycles. The van der Waals surface area contributed by atoms with E-state index in [0.29, 0.717) is 10.7 Å². The third-order valence-electron chi connectivity index (χ3n) is 1.30. The molecule has 0 unspecified atom stereocenters. The second-order valence-corrected chi connectivity index (χ2v) is 2.79. The number of hydrogen-bond acceptors (Lipinski definition) is 4. The van der Waals surface area contributed by atoms with Crippen LogP contribution < -0.4 is 0 Å². The molecule has 0 amide bonds. The maximum Gasteiger partial charge on any atom is 0.187 e. The Morgan fingerprint density at radius 2 is 2.36 bits per heavy atom. The Hall–Kier alpha value is -0.900. The molecule has 0 atom stereocenters. The number of thioether (sulfide) groups is 1. The lowest BCUT2D eigenvalue weighted by molar-refractivity contribution is 0.112. The molecule has 0 saturated heterocycles. The number of aromatic nitrogens is 2. The predicted molar refractivity (Wildman–Crippen MR) is 43.9 cm³/mol. The number of hydrogen-bond donors (Lipinski definition) is 0. The van der Waals surface area contributed by atoms with E-state index in [-0.39, 0.29) is 0 Å². The molecule has 0 aliphatic carbocycles. The summed E-state index contributed by atoms with van der Waals surface area (Å²) in [5, 5.41) is 0.702. The van der Waals surface area contributed by atoms with Crippen LogP contribution in [0.4, 0.5) is 0 Å². The van der Waals surface area contributed by atoms with Crippen LogP contribution in [0.1, 0.15) is 16.1 Å². The van der Waals surface area contributed by atoms with E-state index in [4.69, 9.17) is 0 Å². The van der Waals surface area contributed by atoms with Gasteiger partial charge in [0.25, 0.3) is 0 Å². The summed E-state index contributed by atoms with van der Waals surface area (Å²) in [6, 6.07) is 0. The Morgan fingerprint density at radius 3 is 2.82 bits per heavy atom. The van der Waals surface area contributed by atoms with Crippen molar-refractivity contribution >= 4 is 18.0 Å². The summed E-state index contributed by atoms with van der Waals surface area (Å²) in [6.07, 6.45) is 4.20. The minimum atomic E-state index is 0.558. The van der Waals surface area contributed by atoms with Gasteiger partial charge >= 0.3 is 0 Å². The number of nitrogens with zero attached hydrogens (tertiary/aromatic N) is 2. The normalized spacial score (nSPS) is 9.64. The second-order valence-electron chi connectivity index (χ2n) is 2.02. The molecule has 0 N–H and O–H groups in total. The fourth-order valence-electron chi connectivity index (χ4n) is 0.669. The van der Waals surface area contributed by atoms with Crippen molar-refractivity contribution in [1.82, 2.24) is 9.97 Å². The summed E-state index contributed by atoms with van der Waals surface area (Å²) in [5.41, 5.74) is 1.29. The molecule has 0 radical (unpaired) electrons. The van der Waals surface area contributed by atoms with E-state index in [2.05, 4.69) is 9.97 Å². The van der Waals surface area contributed by atoms with Gasteiger partial charge in [-0.25, -0.2) is 9.97 Å². The van der Waals surface area contributed by atoms with E-state index in [1.807, 2.05) is 6.26 Å². The summed E-state index contributed by atoms with van der Waals surface area (Å²) in [7, 11) is 0. The molecule has 0 spiro atoms. The number of rotatable bonds is 2. The van der Waals surface area contributed by atoms with E-state index < -0.39 is 0 Å². The Morgan fingerprint density at radius 1 is 1.64 bits per heavy atom. The largest absolute Gasteiger partial charge is 0.298 e. The van der Waals surface area contributed by atoms with Gasteiger partial charge in [0.15, 0.2) is 11.4 Å². The third-order valence-corrected chi connectivity index (χ3v) is 1.87.